The molecule has 2 aromatic rings. The van der Waals surface area contributed by atoms with Gasteiger partial charge in [-0.15, -0.1) is 0 Å². The van der Waals surface area contributed by atoms with Crippen molar-refractivity contribution < 1.29 is 9.50 Å². The maximum atomic E-state index is 14.6. The highest BCUT2D eigenvalue weighted by atomic mass is 19.1. The van der Waals surface area contributed by atoms with Crippen LogP contribution < -0.4 is 16.6 Å². The molecule has 0 saturated heterocycles. The van der Waals surface area contributed by atoms with Crippen LogP contribution >= 0.6 is 0 Å². The van der Waals surface area contributed by atoms with Crippen molar-refractivity contribution in [3.05, 3.63) is 63.4 Å². The van der Waals surface area contributed by atoms with Crippen LogP contribution in [0.4, 0.5) is 10.2 Å². The Morgan fingerprint density at radius 1 is 1.37 bits per heavy atom. The lowest BCUT2D eigenvalue weighted by Crippen LogP contribution is -2.33. The van der Waals surface area contributed by atoms with Crippen LogP contribution in [-0.2, 0) is 6.54 Å². The highest BCUT2D eigenvalue weighted by Gasteiger charge is 2.33. The van der Waals surface area contributed by atoms with Gasteiger partial charge in [-0.25, -0.2) is 9.37 Å². The number of hydrogen-bond donors (Lipinski definition) is 3. The summed E-state index contributed by atoms with van der Waals surface area (Å²) in [4.78, 5) is 18.3. The highest BCUT2D eigenvalue weighted by molar-refractivity contribution is 5.79. The van der Waals surface area contributed by atoms with Crippen molar-refractivity contribution in [1.82, 2.24) is 9.55 Å². The minimum absolute atomic E-state index is 0.0526. The van der Waals surface area contributed by atoms with Crippen LogP contribution in [0.2, 0.25) is 0 Å². The summed E-state index contributed by atoms with van der Waals surface area (Å²) in [5.74, 6) is -0.486. The first-order valence-electron chi connectivity index (χ1n) is 12.1. The number of nitrogens with two attached hydrogens (primary N) is 1. The Balaban J connectivity index is 1.87. The van der Waals surface area contributed by atoms with Gasteiger partial charge in [0.05, 0.1) is 23.6 Å². The topological polar surface area (TPSA) is 117 Å². The van der Waals surface area contributed by atoms with E-state index in [1.54, 1.807) is 6.07 Å². The smallest absolute Gasteiger partial charge is 0.293 e. The number of aliphatic hydroxyl groups is 1. The molecular formula is C27H32FN5O2. The molecule has 7 nitrogen and oxygen atoms in total. The van der Waals surface area contributed by atoms with E-state index < -0.39 is 5.82 Å². The molecule has 1 aromatic heterocycles. The third kappa shape index (κ3) is 5.21. The molecular weight excluding hydrogens is 445 g/mol. The Bertz CT molecular complexity index is 1290. The number of rotatable bonds is 7. The fourth-order valence-corrected chi connectivity index (χ4v) is 5.05. The first kappa shape index (κ1) is 24.8. The maximum Gasteiger partial charge on any atom is 0.293 e. The zero-order valence-electron chi connectivity index (χ0n) is 20.3. The molecule has 0 bridgehead atoms. The third-order valence-corrected chi connectivity index (χ3v) is 7.07. The summed E-state index contributed by atoms with van der Waals surface area (Å²) >= 11 is 0. The van der Waals surface area contributed by atoms with Crippen molar-refractivity contribution >= 4 is 11.4 Å². The number of allylic oxidation sites excluding steroid dienone is 4. The predicted molar refractivity (Wildman–Crippen MR) is 135 cm³/mol. The summed E-state index contributed by atoms with van der Waals surface area (Å²) in [5, 5.41) is 22.2. The Labute approximate surface area is 204 Å². The number of nitriles is 1. The van der Waals surface area contributed by atoms with E-state index in [2.05, 4.69) is 12.2 Å². The minimum atomic E-state index is -0.645. The van der Waals surface area contributed by atoms with Crippen molar-refractivity contribution in [3.63, 3.8) is 0 Å². The average molecular weight is 478 g/mol. The lowest BCUT2D eigenvalue weighted by atomic mass is 9.88. The Kier molecular flexibility index (Phi) is 7.20. The normalized spacial score (nSPS) is 21.9. The van der Waals surface area contributed by atoms with Gasteiger partial charge in [-0.3, -0.25) is 4.79 Å². The lowest BCUT2D eigenvalue weighted by Gasteiger charge is -2.26. The van der Waals surface area contributed by atoms with Crippen molar-refractivity contribution in [2.45, 2.75) is 58.5 Å². The van der Waals surface area contributed by atoms with E-state index in [0.717, 1.165) is 31.3 Å². The van der Waals surface area contributed by atoms with Gasteiger partial charge in [-0.1, -0.05) is 30.7 Å². The van der Waals surface area contributed by atoms with Crippen LogP contribution in [0.25, 0.3) is 16.8 Å². The number of nitrogens with one attached hydrogen (secondary N) is 1. The second-order valence-electron chi connectivity index (χ2n) is 10.0. The number of aliphatic hydroxyl groups excluding tert-OH is 1. The molecule has 184 valence electrons. The van der Waals surface area contributed by atoms with Crippen LogP contribution in [-0.4, -0.2) is 33.9 Å². The molecule has 1 heterocycles. The van der Waals surface area contributed by atoms with Crippen LogP contribution in [0.3, 0.4) is 0 Å². The van der Waals surface area contributed by atoms with Gasteiger partial charge in [0.1, 0.15) is 11.9 Å². The highest BCUT2D eigenvalue weighted by Crippen LogP contribution is 2.37. The average Bonchev–Trinajstić information content (AvgIpc) is 3.18. The van der Waals surface area contributed by atoms with Crippen molar-refractivity contribution in [2.75, 3.05) is 18.5 Å². The molecule has 0 spiro atoms. The zero-order chi connectivity index (χ0) is 25.2. The maximum absolute atomic E-state index is 14.6. The molecule has 1 fully saturated rings. The quantitative estimate of drug-likeness (QED) is 0.556. The lowest BCUT2D eigenvalue weighted by molar-refractivity contribution is 0.273. The molecule has 0 amide bonds. The van der Waals surface area contributed by atoms with Gasteiger partial charge < -0.3 is 20.7 Å². The van der Waals surface area contributed by atoms with E-state index in [0.29, 0.717) is 29.9 Å². The van der Waals surface area contributed by atoms with Gasteiger partial charge in [0.25, 0.3) is 5.56 Å². The van der Waals surface area contributed by atoms with E-state index in [9.17, 15) is 14.3 Å². The molecule has 4 N–H and O–H groups in total. The molecule has 0 radical (unpaired) electrons. The molecule has 1 unspecified atom stereocenters. The van der Waals surface area contributed by atoms with Crippen LogP contribution in [0.5, 0.6) is 0 Å². The van der Waals surface area contributed by atoms with Crippen LogP contribution in [0.1, 0.15) is 57.2 Å². The second kappa shape index (κ2) is 10.1. The SMILES string of the molecule is CC1=CC=C(c2c(-c3ccc(C#N)c(F)c3)nc(NC[C@@]3(C)CCC(N)C3)c(=O)n2CCO)CC1. The number of hydrogen-bond acceptors (Lipinski definition) is 6. The summed E-state index contributed by atoms with van der Waals surface area (Å²) in [6.07, 6.45) is 8.25. The summed E-state index contributed by atoms with van der Waals surface area (Å²) < 4.78 is 16.2. The Hall–Kier alpha value is -3.28. The van der Waals surface area contributed by atoms with Crippen LogP contribution in [0, 0.1) is 22.6 Å². The Morgan fingerprint density at radius 3 is 2.77 bits per heavy atom. The number of anilines is 1. The first-order valence-corrected chi connectivity index (χ1v) is 12.1. The van der Waals surface area contributed by atoms with Gasteiger partial charge in [-0.2, -0.15) is 5.26 Å². The van der Waals surface area contributed by atoms with Gasteiger partial charge in [0.2, 0.25) is 0 Å². The Morgan fingerprint density at radius 2 is 2.17 bits per heavy atom. The number of aromatic nitrogens is 2. The fraction of sp³-hybridized carbons (Fsp3) is 0.444. The number of benzene rings is 1. The monoisotopic (exact) mass is 477 g/mol. The molecule has 2 atom stereocenters. The molecule has 0 aliphatic heterocycles. The predicted octanol–water partition coefficient (Wildman–Crippen LogP) is 3.97. The second-order valence-corrected chi connectivity index (χ2v) is 10.0. The van der Waals surface area contributed by atoms with E-state index in [4.69, 9.17) is 16.0 Å². The van der Waals surface area contributed by atoms with E-state index in [1.807, 2.05) is 25.1 Å². The molecule has 4 rings (SSSR count). The molecule has 2 aliphatic rings. The van der Waals surface area contributed by atoms with E-state index >= 15 is 0 Å². The van der Waals surface area contributed by atoms with Gasteiger partial charge in [-0.05, 0) is 62.1 Å². The zero-order valence-corrected chi connectivity index (χ0v) is 20.3. The van der Waals surface area contributed by atoms with E-state index in [-0.39, 0.29) is 41.5 Å². The molecule has 2 aliphatic carbocycles. The van der Waals surface area contributed by atoms with E-state index in [1.165, 1.54) is 22.3 Å². The summed E-state index contributed by atoms with van der Waals surface area (Å²) in [5.41, 5.74) is 9.27. The summed E-state index contributed by atoms with van der Waals surface area (Å²) in [6, 6.07) is 6.34. The van der Waals surface area contributed by atoms with Gasteiger partial charge in [0.15, 0.2) is 5.82 Å². The van der Waals surface area contributed by atoms with Crippen LogP contribution in [0.15, 0.2) is 40.7 Å². The molecule has 35 heavy (non-hydrogen) atoms. The largest absolute Gasteiger partial charge is 0.395 e. The van der Waals surface area contributed by atoms with Gasteiger partial charge >= 0.3 is 0 Å². The molecule has 8 heteroatoms. The fourth-order valence-electron chi connectivity index (χ4n) is 5.05. The van der Waals surface area contributed by atoms with Gasteiger partial charge in [0, 0.05) is 24.7 Å². The first-order chi connectivity index (χ1) is 16.7. The summed E-state index contributed by atoms with van der Waals surface area (Å²) in [7, 11) is 0. The minimum Gasteiger partial charge on any atom is -0.395 e. The number of halogens is 1. The van der Waals surface area contributed by atoms with Crippen molar-refractivity contribution in [1.29, 1.82) is 5.26 Å². The number of nitrogens with zero attached hydrogens (tertiary/aromatic N) is 3. The van der Waals surface area contributed by atoms with Crippen molar-refractivity contribution in [3.8, 4) is 17.3 Å². The molecule has 1 aromatic carbocycles. The van der Waals surface area contributed by atoms with Crippen molar-refractivity contribution in [2.24, 2.45) is 11.1 Å². The third-order valence-electron chi connectivity index (χ3n) is 7.07. The molecule has 1 saturated carbocycles. The summed E-state index contributed by atoms with van der Waals surface area (Å²) in [6.45, 7) is 4.58. The standard InChI is InChI=1S/C27H32FN5O2/c1-17-3-5-18(6-4-17)24-23(19-7-8-20(15-29)22(28)13-19)32-25(26(35)33(24)11-12-34)31-16-27(2)10-9-21(30)14-27/h3,5,7-8,13,21,34H,4,6,9-12,14,16,30H2,1-2H3,(H,31,32)/t21?,27-/m0/s1.